The molecule has 0 saturated heterocycles. The predicted molar refractivity (Wildman–Crippen MR) is 62.8 cm³/mol. The number of nitrogens with zero attached hydrogens (tertiary/aromatic N) is 2. The van der Waals surface area contributed by atoms with Gasteiger partial charge in [0.15, 0.2) is 6.29 Å². The number of pyridine rings is 1. The molecular weight excluding hydrogens is 219 g/mol. The molecule has 84 valence electrons. The van der Waals surface area contributed by atoms with Gasteiger partial charge >= 0.3 is 0 Å². The first-order valence-electron chi connectivity index (χ1n) is 5.22. The maximum absolute atomic E-state index is 13.2. The van der Waals surface area contributed by atoms with Crippen molar-refractivity contribution in [1.82, 2.24) is 9.38 Å². The summed E-state index contributed by atoms with van der Waals surface area (Å²) < 4.78 is 15.0. The molecular formula is C13H9FN2O. The van der Waals surface area contributed by atoms with Crippen molar-refractivity contribution < 1.29 is 9.18 Å². The van der Waals surface area contributed by atoms with Crippen LogP contribution >= 0.6 is 0 Å². The van der Waals surface area contributed by atoms with Gasteiger partial charge in [-0.15, -0.1) is 0 Å². The first-order chi connectivity index (χ1) is 8.19. The number of fused-ring (bicyclic) bond motifs is 3. The van der Waals surface area contributed by atoms with Crippen LogP contribution in [-0.4, -0.2) is 15.7 Å². The molecule has 0 aliphatic carbocycles. The molecule has 3 rings (SSSR count). The summed E-state index contributed by atoms with van der Waals surface area (Å²) in [5, 5.41) is 0.826. The van der Waals surface area contributed by atoms with Gasteiger partial charge in [-0.25, -0.2) is 9.37 Å². The first-order valence-corrected chi connectivity index (χ1v) is 5.22. The van der Waals surface area contributed by atoms with E-state index in [2.05, 4.69) is 4.98 Å². The van der Waals surface area contributed by atoms with E-state index >= 15 is 0 Å². The maximum atomic E-state index is 13.2. The number of benzene rings is 1. The third-order valence-corrected chi connectivity index (χ3v) is 2.86. The monoisotopic (exact) mass is 228 g/mol. The molecule has 0 fully saturated rings. The van der Waals surface area contributed by atoms with Crippen molar-refractivity contribution in [2.24, 2.45) is 0 Å². The number of carbonyl (C=O) groups excluding carboxylic acids is 1. The van der Waals surface area contributed by atoms with Crippen molar-refractivity contribution in [3.63, 3.8) is 0 Å². The summed E-state index contributed by atoms with van der Waals surface area (Å²) in [6.07, 6.45) is 2.36. The molecule has 0 amide bonds. The predicted octanol–water partition coefficient (Wildman–Crippen LogP) is 2.75. The van der Waals surface area contributed by atoms with E-state index in [1.165, 1.54) is 12.1 Å². The molecule has 0 aliphatic heterocycles. The number of rotatable bonds is 1. The van der Waals surface area contributed by atoms with Crippen molar-refractivity contribution in [2.75, 3.05) is 0 Å². The Balaban J connectivity index is 2.53. The van der Waals surface area contributed by atoms with Crippen molar-refractivity contribution in [3.8, 4) is 0 Å². The van der Waals surface area contributed by atoms with E-state index in [4.69, 9.17) is 0 Å². The summed E-state index contributed by atoms with van der Waals surface area (Å²) in [6.45, 7) is 1.90. The van der Waals surface area contributed by atoms with Crippen LogP contribution in [0.5, 0.6) is 0 Å². The van der Waals surface area contributed by atoms with Crippen LogP contribution in [0, 0.1) is 12.7 Å². The van der Waals surface area contributed by atoms with Gasteiger partial charge in [0.1, 0.15) is 17.2 Å². The number of aldehydes is 1. The van der Waals surface area contributed by atoms with E-state index in [1.54, 1.807) is 16.7 Å². The van der Waals surface area contributed by atoms with E-state index in [0.717, 1.165) is 16.5 Å². The Morgan fingerprint density at radius 2 is 2.18 bits per heavy atom. The average Bonchev–Trinajstić information content (AvgIpc) is 2.72. The molecule has 0 atom stereocenters. The molecule has 0 aliphatic rings. The van der Waals surface area contributed by atoms with Crippen LogP contribution in [0.3, 0.4) is 0 Å². The van der Waals surface area contributed by atoms with Crippen LogP contribution in [0.2, 0.25) is 0 Å². The lowest BCUT2D eigenvalue weighted by atomic mass is 10.1. The van der Waals surface area contributed by atoms with Crippen molar-refractivity contribution in [2.45, 2.75) is 6.92 Å². The summed E-state index contributed by atoms with van der Waals surface area (Å²) in [4.78, 5) is 14.9. The Morgan fingerprint density at radius 3 is 2.94 bits per heavy atom. The van der Waals surface area contributed by atoms with Crippen LogP contribution < -0.4 is 0 Å². The van der Waals surface area contributed by atoms with E-state index < -0.39 is 0 Å². The lowest BCUT2D eigenvalue weighted by Crippen LogP contribution is -1.90. The van der Waals surface area contributed by atoms with Crippen molar-refractivity contribution in [3.05, 3.63) is 47.5 Å². The largest absolute Gasteiger partial charge is 0.299 e. The highest BCUT2D eigenvalue weighted by molar-refractivity contribution is 5.86. The molecule has 0 unspecified atom stereocenters. The minimum atomic E-state index is -0.268. The van der Waals surface area contributed by atoms with Gasteiger partial charge in [0.25, 0.3) is 0 Å². The Bertz CT molecular complexity index is 746. The number of carbonyl (C=O) groups is 1. The number of halogens is 1. The number of aromatic nitrogens is 2. The van der Waals surface area contributed by atoms with E-state index in [9.17, 15) is 9.18 Å². The van der Waals surface area contributed by atoms with E-state index in [-0.39, 0.29) is 5.82 Å². The Kier molecular flexibility index (Phi) is 1.98. The topological polar surface area (TPSA) is 34.4 Å². The first kappa shape index (κ1) is 9.96. The minimum Gasteiger partial charge on any atom is -0.299 e. The summed E-state index contributed by atoms with van der Waals surface area (Å²) in [5.41, 5.74) is 2.86. The summed E-state index contributed by atoms with van der Waals surface area (Å²) in [6, 6.07) is 6.43. The molecule has 1 aromatic carbocycles. The normalized spacial score (nSPS) is 11.2. The number of hydrogen-bond acceptors (Lipinski definition) is 2. The fourth-order valence-electron chi connectivity index (χ4n) is 2.07. The Morgan fingerprint density at radius 1 is 1.35 bits per heavy atom. The minimum absolute atomic E-state index is 0.268. The van der Waals surface area contributed by atoms with Gasteiger partial charge in [-0.1, -0.05) is 0 Å². The van der Waals surface area contributed by atoms with E-state index in [0.29, 0.717) is 17.6 Å². The highest BCUT2D eigenvalue weighted by Gasteiger charge is 2.07. The molecule has 3 nitrogen and oxygen atoms in total. The molecule has 4 heteroatoms. The van der Waals surface area contributed by atoms with Crippen molar-refractivity contribution >= 4 is 22.8 Å². The Labute approximate surface area is 96.5 Å². The van der Waals surface area contributed by atoms with Crippen LogP contribution in [-0.2, 0) is 0 Å². The molecule has 0 bridgehead atoms. The van der Waals surface area contributed by atoms with Gasteiger partial charge in [0.2, 0.25) is 0 Å². The van der Waals surface area contributed by atoms with Crippen LogP contribution in [0.25, 0.3) is 16.6 Å². The van der Waals surface area contributed by atoms with Crippen LogP contribution in [0.15, 0.2) is 30.5 Å². The van der Waals surface area contributed by atoms with Gasteiger partial charge in [0.05, 0.1) is 5.52 Å². The zero-order valence-electron chi connectivity index (χ0n) is 9.14. The molecule has 0 spiro atoms. The van der Waals surface area contributed by atoms with Crippen LogP contribution in [0.1, 0.15) is 16.1 Å². The second-order valence-corrected chi connectivity index (χ2v) is 4.00. The summed E-state index contributed by atoms with van der Waals surface area (Å²) >= 11 is 0. The van der Waals surface area contributed by atoms with Crippen LogP contribution in [0.4, 0.5) is 4.39 Å². The smallest absolute Gasteiger partial charge is 0.170 e. The summed E-state index contributed by atoms with van der Waals surface area (Å²) in [5.74, 6) is -0.268. The standard InChI is InChI=1S/C13H9FN2O/c1-8-4-13-15-10(7-17)6-16(13)12-3-2-9(14)5-11(8)12/h2-7H,1H3. The Hall–Kier alpha value is -2.23. The van der Waals surface area contributed by atoms with E-state index in [1.807, 2.05) is 13.0 Å². The average molecular weight is 228 g/mol. The highest BCUT2D eigenvalue weighted by Crippen LogP contribution is 2.22. The van der Waals surface area contributed by atoms with Gasteiger partial charge in [-0.3, -0.25) is 9.20 Å². The van der Waals surface area contributed by atoms with Crippen molar-refractivity contribution in [1.29, 1.82) is 0 Å². The number of aryl methyl sites for hydroxylation is 1. The summed E-state index contributed by atoms with van der Waals surface area (Å²) in [7, 11) is 0. The molecule has 3 aromatic rings. The third kappa shape index (κ3) is 1.41. The number of hydrogen-bond donors (Lipinski definition) is 0. The zero-order chi connectivity index (χ0) is 12.0. The lowest BCUT2D eigenvalue weighted by Gasteiger charge is -2.05. The molecule has 2 aromatic heterocycles. The van der Waals surface area contributed by atoms with Gasteiger partial charge in [-0.2, -0.15) is 0 Å². The zero-order valence-corrected chi connectivity index (χ0v) is 9.14. The lowest BCUT2D eigenvalue weighted by molar-refractivity contribution is 0.111. The SMILES string of the molecule is Cc1cc2nc(C=O)cn2c2ccc(F)cc12. The van der Waals surface area contributed by atoms with Gasteiger partial charge in [-0.05, 0) is 36.8 Å². The molecule has 0 N–H and O–H groups in total. The fourth-order valence-corrected chi connectivity index (χ4v) is 2.07. The van der Waals surface area contributed by atoms with Gasteiger partial charge in [0, 0.05) is 11.6 Å². The second-order valence-electron chi connectivity index (χ2n) is 4.00. The quantitative estimate of drug-likeness (QED) is 0.600. The third-order valence-electron chi connectivity index (χ3n) is 2.86. The maximum Gasteiger partial charge on any atom is 0.170 e. The molecule has 0 saturated carbocycles. The highest BCUT2D eigenvalue weighted by atomic mass is 19.1. The fraction of sp³-hybridized carbons (Fsp3) is 0.0769. The second kappa shape index (κ2) is 3.38. The molecule has 17 heavy (non-hydrogen) atoms. The number of imidazole rings is 1. The molecule has 0 radical (unpaired) electrons. The molecule has 2 heterocycles. The van der Waals surface area contributed by atoms with Gasteiger partial charge < -0.3 is 0 Å².